The molecule has 1 N–H and O–H groups in total. The van der Waals surface area contributed by atoms with E-state index in [2.05, 4.69) is 27.7 Å². The van der Waals surface area contributed by atoms with Crippen molar-refractivity contribution in [2.45, 2.75) is 30.8 Å². The third-order valence-electron chi connectivity index (χ3n) is 8.17. The molecule has 0 unspecified atom stereocenters. The highest BCUT2D eigenvalue weighted by Crippen LogP contribution is 2.51. The molecule has 0 bridgehead atoms. The van der Waals surface area contributed by atoms with Gasteiger partial charge in [-0.1, -0.05) is 18.2 Å². The first kappa shape index (κ1) is 22.4. The number of benzene rings is 2. The Bertz CT molecular complexity index is 1290. The summed E-state index contributed by atoms with van der Waals surface area (Å²) < 4.78 is 13.3. The maximum atomic E-state index is 13.4. The zero-order valence-electron chi connectivity index (χ0n) is 20.7. The van der Waals surface area contributed by atoms with E-state index < -0.39 is 0 Å². The topological polar surface area (TPSA) is 67.2 Å². The number of nitrogens with zero attached hydrogens (tertiary/aromatic N) is 3. The monoisotopic (exact) mass is 475 g/mol. The van der Waals surface area contributed by atoms with E-state index in [1.54, 1.807) is 14.2 Å². The van der Waals surface area contributed by atoms with Gasteiger partial charge in [0.1, 0.15) is 11.5 Å². The lowest BCUT2D eigenvalue weighted by atomic mass is 9.68. The number of aromatic nitrogens is 1. The molecule has 6 rings (SSSR count). The summed E-state index contributed by atoms with van der Waals surface area (Å²) in [5, 5.41) is 11.7. The summed E-state index contributed by atoms with van der Waals surface area (Å²) in [4.78, 5) is 17.8. The van der Waals surface area contributed by atoms with E-state index >= 15 is 0 Å². The summed E-state index contributed by atoms with van der Waals surface area (Å²) in [6.45, 7) is 3.09. The number of ether oxygens (including phenoxy) is 2. The second kappa shape index (κ2) is 8.28. The number of amides is 1. The number of fused-ring (bicyclic) bond motifs is 4. The largest absolute Gasteiger partial charge is 0.497 e. The van der Waals surface area contributed by atoms with Crippen LogP contribution in [0.4, 0.5) is 0 Å². The predicted octanol–water partition coefficient (Wildman–Crippen LogP) is 3.23. The van der Waals surface area contributed by atoms with E-state index in [1.807, 2.05) is 36.2 Å². The summed E-state index contributed by atoms with van der Waals surface area (Å²) in [5.41, 5.74) is 4.43. The Hall–Kier alpha value is -3.03. The number of methoxy groups -OCH3 is 2. The number of carbonyl (C=O) groups excluding carboxylic acids is 1. The molecular formula is C28H33N3O4. The van der Waals surface area contributed by atoms with Gasteiger partial charge in [0.05, 0.1) is 32.4 Å². The summed E-state index contributed by atoms with van der Waals surface area (Å²) in [6, 6.07) is 14.1. The lowest BCUT2D eigenvalue weighted by molar-refractivity contribution is -0.140. The molecule has 2 aliphatic heterocycles. The number of likely N-dealkylation sites (tertiary alicyclic amines) is 1. The highest BCUT2D eigenvalue weighted by molar-refractivity contribution is 5.90. The molecule has 1 aromatic heterocycles. The Kier molecular flexibility index (Phi) is 5.31. The maximum absolute atomic E-state index is 13.4. The third-order valence-corrected chi connectivity index (χ3v) is 8.17. The number of para-hydroxylation sites is 1. The van der Waals surface area contributed by atoms with E-state index in [1.165, 1.54) is 16.5 Å². The molecule has 3 aliphatic rings. The Labute approximate surface area is 205 Å². The average molecular weight is 476 g/mol. The molecule has 1 saturated heterocycles. The van der Waals surface area contributed by atoms with Crippen LogP contribution in [0.2, 0.25) is 0 Å². The Morgan fingerprint density at radius 2 is 1.86 bits per heavy atom. The number of carbonyl (C=O) groups is 1. The quantitative estimate of drug-likeness (QED) is 0.593. The van der Waals surface area contributed by atoms with Crippen molar-refractivity contribution in [2.75, 3.05) is 40.5 Å². The highest BCUT2D eigenvalue weighted by atomic mass is 16.5. The van der Waals surface area contributed by atoms with Crippen LogP contribution in [-0.2, 0) is 23.8 Å². The molecule has 3 aromatic rings. The van der Waals surface area contributed by atoms with Gasteiger partial charge in [-0.25, -0.2) is 0 Å². The second-order valence-electron chi connectivity index (χ2n) is 10.4. The van der Waals surface area contributed by atoms with E-state index in [4.69, 9.17) is 9.47 Å². The number of hydrogen-bond acceptors (Lipinski definition) is 5. The van der Waals surface area contributed by atoms with Gasteiger partial charge in [-0.15, -0.1) is 0 Å². The fraction of sp³-hybridized carbons (Fsp3) is 0.464. The van der Waals surface area contributed by atoms with Gasteiger partial charge in [0.2, 0.25) is 5.91 Å². The maximum Gasteiger partial charge on any atom is 0.226 e. The Balaban J connectivity index is 1.42. The average Bonchev–Trinajstić information content (AvgIpc) is 3.67. The first-order valence-corrected chi connectivity index (χ1v) is 12.4. The second-order valence-corrected chi connectivity index (χ2v) is 10.4. The molecule has 3 heterocycles. The van der Waals surface area contributed by atoms with Gasteiger partial charge in [0.25, 0.3) is 0 Å². The van der Waals surface area contributed by atoms with Gasteiger partial charge in [0.15, 0.2) is 0 Å². The summed E-state index contributed by atoms with van der Waals surface area (Å²) in [6.07, 6.45) is 1.92. The van der Waals surface area contributed by atoms with Crippen LogP contribution in [0.1, 0.15) is 35.7 Å². The summed E-state index contributed by atoms with van der Waals surface area (Å²) >= 11 is 0. The predicted molar refractivity (Wildman–Crippen MR) is 134 cm³/mol. The molecule has 184 valence electrons. The Morgan fingerprint density at radius 3 is 2.54 bits per heavy atom. The van der Waals surface area contributed by atoms with E-state index in [9.17, 15) is 9.90 Å². The van der Waals surface area contributed by atoms with Crippen molar-refractivity contribution in [3.05, 3.63) is 59.3 Å². The molecule has 2 fully saturated rings. The van der Waals surface area contributed by atoms with Gasteiger partial charge in [-0.05, 0) is 36.6 Å². The third kappa shape index (κ3) is 3.44. The van der Waals surface area contributed by atoms with Crippen LogP contribution in [0.15, 0.2) is 42.5 Å². The SMILES string of the molecule is COc1ccc2c3c(n(C)c2c1)[C@@H](CO)N(C(=O)C1CC1)CC31CN(Cc2ccccc2OC)C1. The zero-order valence-corrected chi connectivity index (χ0v) is 20.7. The van der Waals surface area contributed by atoms with Crippen LogP contribution in [-0.4, -0.2) is 65.8 Å². The molecule has 1 aliphatic carbocycles. The number of hydrogen-bond donors (Lipinski definition) is 1. The number of aryl methyl sites for hydroxylation is 1. The molecule has 7 nitrogen and oxygen atoms in total. The lowest BCUT2D eigenvalue weighted by Gasteiger charge is -2.56. The van der Waals surface area contributed by atoms with Gasteiger partial charge in [-0.3, -0.25) is 9.69 Å². The van der Waals surface area contributed by atoms with Crippen LogP contribution in [0, 0.1) is 5.92 Å². The van der Waals surface area contributed by atoms with Gasteiger partial charge in [-0.2, -0.15) is 0 Å². The fourth-order valence-electron chi connectivity index (χ4n) is 6.41. The number of rotatable bonds is 6. The molecule has 7 heteroatoms. The molecule has 1 saturated carbocycles. The smallest absolute Gasteiger partial charge is 0.226 e. The van der Waals surface area contributed by atoms with Crippen molar-refractivity contribution in [1.29, 1.82) is 0 Å². The minimum atomic E-state index is -0.324. The molecular weight excluding hydrogens is 442 g/mol. The van der Waals surface area contributed by atoms with E-state index in [0.717, 1.165) is 55.2 Å². The molecule has 0 radical (unpaired) electrons. The summed E-state index contributed by atoms with van der Waals surface area (Å²) in [5.74, 6) is 2.02. The number of aliphatic hydroxyl groups is 1. The van der Waals surface area contributed by atoms with Crippen LogP contribution in [0.5, 0.6) is 11.5 Å². The van der Waals surface area contributed by atoms with Crippen molar-refractivity contribution >= 4 is 16.8 Å². The van der Waals surface area contributed by atoms with Gasteiger partial charge in [0, 0.05) is 67.3 Å². The van der Waals surface area contributed by atoms with Crippen LogP contribution >= 0.6 is 0 Å². The minimum absolute atomic E-state index is 0.0756. The van der Waals surface area contributed by atoms with E-state index in [-0.39, 0.29) is 29.9 Å². The molecule has 35 heavy (non-hydrogen) atoms. The number of aliphatic hydroxyl groups excluding tert-OH is 1. The van der Waals surface area contributed by atoms with Crippen molar-refractivity contribution in [3.8, 4) is 11.5 Å². The van der Waals surface area contributed by atoms with Crippen molar-refractivity contribution in [3.63, 3.8) is 0 Å². The molecule has 2 aromatic carbocycles. The summed E-state index contributed by atoms with van der Waals surface area (Å²) in [7, 11) is 5.44. The molecule has 1 amide bonds. The van der Waals surface area contributed by atoms with Crippen molar-refractivity contribution in [1.82, 2.24) is 14.4 Å². The first-order valence-electron chi connectivity index (χ1n) is 12.4. The van der Waals surface area contributed by atoms with E-state index in [0.29, 0.717) is 6.54 Å². The molecule has 1 spiro atoms. The van der Waals surface area contributed by atoms with Crippen LogP contribution < -0.4 is 9.47 Å². The first-order chi connectivity index (χ1) is 17.0. The standard InChI is InChI=1S/C28H33N3O4/c1-29-22-12-20(34-2)10-11-21(22)25-26(29)23(14-32)31(27(33)18-8-9-18)17-28(25)15-30(16-28)13-19-6-4-5-7-24(19)35-3/h4-7,10-12,18,23,32H,8-9,13-17H2,1-3H3/t23-/m1/s1. The zero-order chi connectivity index (χ0) is 24.3. The van der Waals surface area contributed by atoms with Gasteiger partial charge < -0.3 is 24.0 Å². The van der Waals surface area contributed by atoms with Crippen LogP contribution in [0.3, 0.4) is 0 Å². The minimum Gasteiger partial charge on any atom is -0.497 e. The lowest BCUT2D eigenvalue weighted by Crippen LogP contribution is -2.66. The van der Waals surface area contributed by atoms with Gasteiger partial charge >= 0.3 is 0 Å². The van der Waals surface area contributed by atoms with Crippen LogP contribution in [0.25, 0.3) is 10.9 Å². The van der Waals surface area contributed by atoms with Crippen molar-refractivity contribution in [2.24, 2.45) is 13.0 Å². The molecule has 1 atom stereocenters. The Morgan fingerprint density at radius 1 is 1.09 bits per heavy atom. The normalized spacial score (nSPS) is 21.1. The fourth-order valence-corrected chi connectivity index (χ4v) is 6.41. The highest BCUT2D eigenvalue weighted by Gasteiger charge is 2.55. The van der Waals surface area contributed by atoms with Crippen molar-refractivity contribution < 1.29 is 19.4 Å².